The van der Waals surface area contributed by atoms with Gasteiger partial charge in [0.15, 0.2) is 0 Å². The number of aromatic amines is 1. The highest BCUT2D eigenvalue weighted by Gasteiger charge is 2.32. The Balaban J connectivity index is 1.55. The normalized spacial score (nSPS) is 16.5. The van der Waals surface area contributed by atoms with Crippen LogP contribution in [0.2, 0.25) is 10.0 Å². The number of rotatable bonds is 4. The molecule has 0 radical (unpaired) electrons. The predicted molar refractivity (Wildman–Crippen MR) is 117 cm³/mol. The van der Waals surface area contributed by atoms with Gasteiger partial charge < -0.3 is 15.0 Å². The fourth-order valence-corrected chi connectivity index (χ4v) is 4.41. The van der Waals surface area contributed by atoms with Gasteiger partial charge in [0.05, 0.1) is 10.0 Å². The second-order valence-corrected chi connectivity index (χ2v) is 8.53. The second kappa shape index (κ2) is 7.95. The maximum absolute atomic E-state index is 12.1. The van der Waals surface area contributed by atoms with E-state index in [-0.39, 0.29) is 0 Å². The van der Waals surface area contributed by atoms with Crippen molar-refractivity contribution in [2.45, 2.75) is 6.04 Å². The molecule has 0 aliphatic carbocycles. The number of fused-ring (bicyclic) bond motifs is 1. The average Bonchev–Trinajstić information content (AvgIpc) is 3.07. The molecule has 1 unspecified atom stereocenters. The number of carboxylic acids is 1. The molecule has 0 amide bonds. The highest BCUT2D eigenvalue weighted by atomic mass is 79.9. The largest absolute Gasteiger partial charge is 0.480 e. The minimum atomic E-state index is -0.841. The molecular formula is C20H18BrCl2N3O2. The summed E-state index contributed by atoms with van der Waals surface area (Å²) in [7, 11) is 0. The summed E-state index contributed by atoms with van der Waals surface area (Å²) in [6.07, 6.45) is 1.81. The summed E-state index contributed by atoms with van der Waals surface area (Å²) in [4.78, 5) is 19.5. The van der Waals surface area contributed by atoms with E-state index < -0.39 is 12.0 Å². The quantitative estimate of drug-likeness (QED) is 0.537. The molecule has 1 saturated heterocycles. The molecule has 4 rings (SSSR count). The monoisotopic (exact) mass is 481 g/mol. The van der Waals surface area contributed by atoms with E-state index in [4.69, 9.17) is 23.2 Å². The van der Waals surface area contributed by atoms with Gasteiger partial charge >= 0.3 is 5.97 Å². The van der Waals surface area contributed by atoms with Gasteiger partial charge in [0.25, 0.3) is 0 Å². The van der Waals surface area contributed by atoms with E-state index in [1.807, 2.05) is 35.2 Å². The van der Waals surface area contributed by atoms with Crippen LogP contribution in [0.15, 0.2) is 47.1 Å². The molecule has 28 heavy (non-hydrogen) atoms. The Bertz CT molecular complexity index is 1030. The molecule has 0 bridgehead atoms. The Labute approximate surface area is 181 Å². The van der Waals surface area contributed by atoms with Gasteiger partial charge in [-0.25, -0.2) is 0 Å². The molecule has 146 valence electrons. The fourth-order valence-electron chi connectivity index (χ4n) is 3.75. The third-order valence-electron chi connectivity index (χ3n) is 5.15. The van der Waals surface area contributed by atoms with Crippen LogP contribution in [-0.2, 0) is 4.79 Å². The average molecular weight is 483 g/mol. The highest BCUT2D eigenvalue weighted by molar-refractivity contribution is 9.10. The first-order valence-corrected chi connectivity index (χ1v) is 10.4. The first-order valence-electron chi connectivity index (χ1n) is 8.87. The number of carboxylic acid groups (broad SMARTS) is 1. The van der Waals surface area contributed by atoms with Crippen LogP contribution in [0.5, 0.6) is 0 Å². The lowest BCUT2D eigenvalue weighted by molar-refractivity contribution is -0.143. The van der Waals surface area contributed by atoms with Crippen molar-refractivity contribution in [1.82, 2.24) is 9.88 Å². The second-order valence-electron chi connectivity index (χ2n) is 6.80. The number of benzene rings is 2. The fraction of sp³-hybridized carbons (Fsp3) is 0.250. The first kappa shape index (κ1) is 19.6. The van der Waals surface area contributed by atoms with E-state index in [2.05, 4.69) is 25.8 Å². The third kappa shape index (κ3) is 3.74. The van der Waals surface area contributed by atoms with Crippen molar-refractivity contribution in [2.75, 3.05) is 31.1 Å². The predicted octanol–water partition coefficient (Wildman–Crippen LogP) is 5.19. The molecule has 3 aromatic rings. The number of aliphatic carboxylic acids is 1. The highest BCUT2D eigenvalue weighted by Crippen LogP contribution is 2.32. The SMILES string of the molecule is O=C(O)C(c1c[nH]c2cc(Br)ccc12)N1CCN(c2ccc(Cl)c(Cl)c2)CC1. The molecule has 1 aliphatic rings. The molecule has 2 N–H and O–H groups in total. The van der Waals surface area contributed by atoms with Crippen molar-refractivity contribution < 1.29 is 9.90 Å². The zero-order chi connectivity index (χ0) is 19.8. The van der Waals surface area contributed by atoms with Gasteiger partial charge in [-0.15, -0.1) is 0 Å². The molecule has 0 spiro atoms. The van der Waals surface area contributed by atoms with Crippen LogP contribution in [0.1, 0.15) is 11.6 Å². The smallest absolute Gasteiger partial charge is 0.325 e. The Morgan fingerprint density at radius 3 is 2.50 bits per heavy atom. The Morgan fingerprint density at radius 2 is 1.82 bits per heavy atom. The molecule has 1 aliphatic heterocycles. The summed E-state index contributed by atoms with van der Waals surface area (Å²) in [6.45, 7) is 2.71. The molecular weight excluding hydrogens is 465 g/mol. The number of hydrogen-bond acceptors (Lipinski definition) is 3. The minimum Gasteiger partial charge on any atom is -0.480 e. The number of H-pyrrole nitrogens is 1. The van der Waals surface area contributed by atoms with Gasteiger partial charge in [-0.05, 0) is 30.3 Å². The summed E-state index contributed by atoms with van der Waals surface area (Å²) in [5, 5.41) is 11.9. The van der Waals surface area contributed by atoms with E-state index >= 15 is 0 Å². The number of aromatic nitrogens is 1. The Kier molecular flexibility index (Phi) is 5.56. The number of nitrogens with zero attached hydrogens (tertiary/aromatic N) is 2. The number of halogens is 3. The molecule has 8 heteroatoms. The van der Waals surface area contributed by atoms with Crippen molar-refractivity contribution >= 4 is 61.7 Å². The number of anilines is 1. The van der Waals surface area contributed by atoms with Gasteiger partial charge in [-0.2, -0.15) is 0 Å². The topological polar surface area (TPSA) is 59.6 Å². The Morgan fingerprint density at radius 1 is 1.07 bits per heavy atom. The van der Waals surface area contributed by atoms with E-state index in [1.54, 1.807) is 12.3 Å². The summed E-state index contributed by atoms with van der Waals surface area (Å²) in [5.74, 6) is -0.841. The van der Waals surface area contributed by atoms with Crippen LogP contribution < -0.4 is 4.90 Å². The van der Waals surface area contributed by atoms with Crippen LogP contribution in [0.25, 0.3) is 10.9 Å². The zero-order valence-corrected chi connectivity index (χ0v) is 17.9. The summed E-state index contributed by atoms with van der Waals surface area (Å²) in [5.41, 5.74) is 2.71. The number of nitrogens with one attached hydrogen (secondary N) is 1. The molecule has 2 aromatic carbocycles. The van der Waals surface area contributed by atoms with Crippen molar-refractivity contribution in [3.05, 3.63) is 62.7 Å². The van der Waals surface area contributed by atoms with E-state index in [0.29, 0.717) is 23.1 Å². The molecule has 1 atom stereocenters. The minimum absolute atomic E-state index is 0.523. The molecule has 0 saturated carbocycles. The van der Waals surface area contributed by atoms with Crippen molar-refractivity contribution in [2.24, 2.45) is 0 Å². The maximum atomic E-state index is 12.1. The van der Waals surface area contributed by atoms with Crippen molar-refractivity contribution in [3.63, 3.8) is 0 Å². The molecule has 2 heterocycles. The Hall–Kier alpha value is -1.73. The van der Waals surface area contributed by atoms with Gasteiger partial charge in [-0.3, -0.25) is 9.69 Å². The lowest BCUT2D eigenvalue weighted by Crippen LogP contribution is -2.49. The van der Waals surface area contributed by atoms with Crippen LogP contribution >= 0.6 is 39.1 Å². The van der Waals surface area contributed by atoms with Gasteiger partial charge in [0, 0.05) is 59.0 Å². The molecule has 1 fully saturated rings. The van der Waals surface area contributed by atoms with Crippen molar-refractivity contribution in [3.8, 4) is 0 Å². The van der Waals surface area contributed by atoms with Gasteiger partial charge in [0.2, 0.25) is 0 Å². The zero-order valence-electron chi connectivity index (χ0n) is 14.8. The van der Waals surface area contributed by atoms with Crippen LogP contribution in [-0.4, -0.2) is 47.1 Å². The lowest BCUT2D eigenvalue weighted by atomic mass is 10.0. The van der Waals surface area contributed by atoms with Crippen LogP contribution in [0, 0.1) is 0 Å². The van der Waals surface area contributed by atoms with Crippen LogP contribution in [0.3, 0.4) is 0 Å². The summed E-state index contributed by atoms with van der Waals surface area (Å²) in [6, 6.07) is 10.7. The van der Waals surface area contributed by atoms with E-state index in [0.717, 1.165) is 39.7 Å². The number of carbonyl (C=O) groups is 1. The van der Waals surface area contributed by atoms with E-state index in [9.17, 15) is 9.90 Å². The number of hydrogen-bond donors (Lipinski definition) is 2. The number of piperazine rings is 1. The first-order chi connectivity index (χ1) is 13.4. The van der Waals surface area contributed by atoms with Gasteiger partial charge in [-0.1, -0.05) is 45.2 Å². The van der Waals surface area contributed by atoms with E-state index in [1.165, 1.54) is 0 Å². The molecule has 1 aromatic heterocycles. The van der Waals surface area contributed by atoms with Crippen LogP contribution in [0.4, 0.5) is 5.69 Å². The standard InChI is InChI=1S/C20H18BrCl2N3O2/c21-12-1-3-14-15(11-24-18(14)9-12)19(20(27)28)26-7-5-25(6-8-26)13-2-4-16(22)17(23)10-13/h1-4,9-11,19,24H,5-8H2,(H,27,28). The molecule has 5 nitrogen and oxygen atoms in total. The van der Waals surface area contributed by atoms with Crippen molar-refractivity contribution in [1.29, 1.82) is 0 Å². The maximum Gasteiger partial charge on any atom is 0.325 e. The summed E-state index contributed by atoms with van der Waals surface area (Å²) >= 11 is 15.6. The van der Waals surface area contributed by atoms with Gasteiger partial charge in [0.1, 0.15) is 6.04 Å². The lowest BCUT2D eigenvalue weighted by Gasteiger charge is -2.38. The summed E-state index contributed by atoms with van der Waals surface area (Å²) < 4.78 is 0.954. The third-order valence-corrected chi connectivity index (χ3v) is 6.38.